The van der Waals surface area contributed by atoms with E-state index in [1.807, 2.05) is 32.9 Å². The Morgan fingerprint density at radius 2 is 1.93 bits per heavy atom. The van der Waals surface area contributed by atoms with E-state index in [0.717, 1.165) is 43.1 Å². The van der Waals surface area contributed by atoms with Gasteiger partial charge in [-0.25, -0.2) is 9.37 Å². The molecule has 0 saturated carbocycles. The molecule has 0 spiro atoms. The molecule has 6 nitrogen and oxygen atoms in total. The van der Waals surface area contributed by atoms with Gasteiger partial charge >= 0.3 is 0 Å². The molecular formula is C22H28FN3O3. The number of halogens is 1. The van der Waals surface area contributed by atoms with Crippen LogP contribution in [0.15, 0.2) is 18.2 Å². The van der Waals surface area contributed by atoms with Gasteiger partial charge < -0.3 is 14.2 Å². The average Bonchev–Trinajstić information content (AvgIpc) is 2.71. The van der Waals surface area contributed by atoms with Crippen molar-refractivity contribution in [1.82, 2.24) is 14.9 Å². The molecule has 2 aliphatic heterocycles. The van der Waals surface area contributed by atoms with Crippen molar-refractivity contribution in [3.63, 3.8) is 0 Å². The van der Waals surface area contributed by atoms with Crippen LogP contribution >= 0.6 is 0 Å². The molecule has 4 rings (SSSR count). The van der Waals surface area contributed by atoms with E-state index in [9.17, 15) is 4.39 Å². The quantitative estimate of drug-likeness (QED) is 0.758. The maximum atomic E-state index is 14.7. The Kier molecular flexibility index (Phi) is 5.85. The average molecular weight is 401 g/mol. The van der Waals surface area contributed by atoms with Crippen LogP contribution in [-0.4, -0.2) is 47.8 Å². The maximum Gasteiger partial charge on any atom is 0.257 e. The number of hydrogen-bond acceptors (Lipinski definition) is 6. The number of likely N-dealkylation sites (tertiary alicyclic amines) is 1. The minimum Gasteiger partial charge on any atom is -0.493 e. The molecule has 0 amide bonds. The van der Waals surface area contributed by atoms with Crippen molar-refractivity contribution in [2.45, 2.75) is 39.7 Å². The Hall–Kier alpha value is -2.41. The lowest BCUT2D eigenvalue weighted by molar-refractivity contribution is 0.0963. The van der Waals surface area contributed by atoms with Crippen molar-refractivity contribution >= 4 is 0 Å². The molecule has 4 heterocycles. The summed E-state index contributed by atoms with van der Waals surface area (Å²) in [5.74, 6) is 1.68. The molecule has 0 radical (unpaired) electrons. The van der Waals surface area contributed by atoms with Crippen molar-refractivity contribution in [2.24, 2.45) is 5.92 Å². The third-order valence-electron chi connectivity index (χ3n) is 5.55. The molecule has 2 atom stereocenters. The van der Waals surface area contributed by atoms with E-state index in [0.29, 0.717) is 43.1 Å². The van der Waals surface area contributed by atoms with Gasteiger partial charge in [0.2, 0.25) is 0 Å². The number of hydrogen-bond donors (Lipinski definition) is 0. The summed E-state index contributed by atoms with van der Waals surface area (Å²) in [6.07, 6.45) is 2.16. The van der Waals surface area contributed by atoms with Gasteiger partial charge in [0.1, 0.15) is 24.8 Å². The van der Waals surface area contributed by atoms with Gasteiger partial charge in [-0.3, -0.25) is 9.88 Å². The zero-order chi connectivity index (χ0) is 20.4. The van der Waals surface area contributed by atoms with E-state index in [1.165, 1.54) is 6.07 Å². The predicted molar refractivity (Wildman–Crippen MR) is 107 cm³/mol. The van der Waals surface area contributed by atoms with E-state index < -0.39 is 0 Å². The third kappa shape index (κ3) is 4.61. The lowest BCUT2D eigenvalue weighted by Gasteiger charge is -2.36. The van der Waals surface area contributed by atoms with Crippen LogP contribution in [0.3, 0.4) is 0 Å². The highest BCUT2D eigenvalue weighted by Crippen LogP contribution is 2.34. The van der Waals surface area contributed by atoms with Gasteiger partial charge in [0.15, 0.2) is 5.75 Å². The van der Waals surface area contributed by atoms with Crippen molar-refractivity contribution in [3.05, 3.63) is 41.1 Å². The summed E-state index contributed by atoms with van der Waals surface area (Å²) >= 11 is 0. The van der Waals surface area contributed by atoms with Crippen LogP contribution in [0.1, 0.15) is 42.9 Å². The summed E-state index contributed by atoms with van der Waals surface area (Å²) in [5.41, 5.74) is 2.33. The first-order valence-corrected chi connectivity index (χ1v) is 10.3. The fraction of sp³-hybridized carbons (Fsp3) is 0.545. The highest BCUT2D eigenvalue weighted by atomic mass is 19.1. The van der Waals surface area contributed by atoms with Crippen LogP contribution < -0.4 is 14.2 Å². The fourth-order valence-electron chi connectivity index (χ4n) is 4.11. The van der Waals surface area contributed by atoms with E-state index in [2.05, 4.69) is 14.9 Å². The lowest BCUT2D eigenvalue weighted by atomic mass is 9.97. The molecule has 2 aromatic rings. The molecule has 0 bridgehead atoms. The smallest absolute Gasteiger partial charge is 0.257 e. The molecule has 1 saturated heterocycles. The van der Waals surface area contributed by atoms with Gasteiger partial charge in [-0.05, 0) is 40.2 Å². The summed E-state index contributed by atoms with van der Waals surface area (Å²) in [6, 6.07) is 5.18. The van der Waals surface area contributed by atoms with Gasteiger partial charge in [0.05, 0.1) is 18.3 Å². The molecule has 1 unspecified atom stereocenters. The van der Waals surface area contributed by atoms with Crippen LogP contribution in [0.25, 0.3) is 0 Å². The van der Waals surface area contributed by atoms with Crippen molar-refractivity contribution in [1.29, 1.82) is 0 Å². The maximum absolute atomic E-state index is 14.7. The van der Waals surface area contributed by atoms with Crippen LogP contribution in [0, 0.1) is 25.6 Å². The van der Waals surface area contributed by atoms with E-state index in [1.54, 1.807) is 0 Å². The molecule has 1 fully saturated rings. The first kappa shape index (κ1) is 19.9. The Balaban J connectivity index is 1.41. The molecule has 0 aliphatic carbocycles. The summed E-state index contributed by atoms with van der Waals surface area (Å²) in [7, 11) is 0. The van der Waals surface area contributed by atoms with Gasteiger partial charge in [-0.2, -0.15) is 0 Å². The number of piperidine rings is 1. The van der Waals surface area contributed by atoms with Gasteiger partial charge in [0.25, 0.3) is 5.88 Å². The molecule has 0 aromatic carbocycles. The van der Waals surface area contributed by atoms with Crippen molar-refractivity contribution in [3.8, 4) is 17.4 Å². The van der Waals surface area contributed by atoms with Crippen molar-refractivity contribution < 1.29 is 18.6 Å². The minimum atomic E-state index is -0.345. The number of ether oxygens (including phenoxy) is 3. The number of nitrogens with zero attached hydrogens (tertiary/aromatic N) is 3. The monoisotopic (exact) mass is 401 g/mol. The Morgan fingerprint density at radius 1 is 1.17 bits per heavy atom. The second-order valence-corrected chi connectivity index (χ2v) is 7.93. The van der Waals surface area contributed by atoms with Gasteiger partial charge in [0, 0.05) is 42.0 Å². The summed E-state index contributed by atoms with van der Waals surface area (Å²) in [5, 5.41) is 0. The van der Waals surface area contributed by atoms with Gasteiger partial charge in [-0.1, -0.05) is 0 Å². The van der Waals surface area contributed by atoms with E-state index >= 15 is 0 Å². The number of pyridine rings is 2. The zero-order valence-corrected chi connectivity index (χ0v) is 17.3. The van der Waals surface area contributed by atoms with Crippen molar-refractivity contribution in [2.75, 3.05) is 32.9 Å². The Bertz CT molecular complexity index is 856. The standard InChI is InChI=1S/C22H28FN3O3/c1-14-9-18(10-15(2)24-14)29-13-17-5-4-6-26(12-17)16(3)21-19(23)11-20-22(25-21)28-8-7-27-20/h9-11,16-17H,4-8,12-13H2,1-3H3/t16?,17-/m1/s1. The third-order valence-corrected chi connectivity index (χ3v) is 5.55. The second kappa shape index (κ2) is 8.53. The second-order valence-electron chi connectivity index (χ2n) is 7.93. The lowest BCUT2D eigenvalue weighted by Crippen LogP contribution is -2.39. The van der Waals surface area contributed by atoms with Crippen LogP contribution in [0.5, 0.6) is 17.4 Å². The fourth-order valence-corrected chi connectivity index (χ4v) is 4.11. The number of aromatic nitrogens is 2. The number of fused-ring (bicyclic) bond motifs is 1. The first-order chi connectivity index (χ1) is 14.0. The number of rotatable bonds is 5. The summed E-state index contributed by atoms with van der Waals surface area (Å²) in [6.45, 7) is 9.21. The number of aryl methyl sites for hydroxylation is 2. The Labute approximate surface area is 171 Å². The molecule has 156 valence electrons. The first-order valence-electron chi connectivity index (χ1n) is 10.3. The molecule has 7 heteroatoms. The Morgan fingerprint density at radius 3 is 2.72 bits per heavy atom. The summed E-state index contributed by atoms with van der Waals surface area (Å²) < 4.78 is 31.7. The topological polar surface area (TPSA) is 56.7 Å². The minimum absolute atomic E-state index is 0.140. The van der Waals surface area contributed by atoms with Crippen LogP contribution in [0.2, 0.25) is 0 Å². The molecule has 29 heavy (non-hydrogen) atoms. The highest BCUT2D eigenvalue weighted by Gasteiger charge is 2.29. The molecule has 0 N–H and O–H groups in total. The van der Waals surface area contributed by atoms with E-state index in [-0.39, 0.29) is 11.9 Å². The predicted octanol–water partition coefficient (Wildman–Crippen LogP) is 3.86. The molecule has 2 aromatic heterocycles. The van der Waals surface area contributed by atoms with Gasteiger partial charge in [-0.15, -0.1) is 0 Å². The summed E-state index contributed by atoms with van der Waals surface area (Å²) in [4.78, 5) is 11.1. The molecule has 2 aliphatic rings. The highest BCUT2D eigenvalue weighted by molar-refractivity contribution is 5.37. The van der Waals surface area contributed by atoms with Crippen LogP contribution in [0.4, 0.5) is 4.39 Å². The molecular weight excluding hydrogens is 373 g/mol. The largest absolute Gasteiger partial charge is 0.493 e. The van der Waals surface area contributed by atoms with Crippen LogP contribution in [-0.2, 0) is 0 Å². The zero-order valence-electron chi connectivity index (χ0n) is 17.3. The SMILES string of the molecule is Cc1cc(OC[C@@H]2CCCN(C(C)c3nc4c(cc3F)OCCO4)C2)cc(C)n1. The normalized spacial score (nSPS) is 20.3. The van der Waals surface area contributed by atoms with E-state index in [4.69, 9.17) is 14.2 Å².